The van der Waals surface area contributed by atoms with Gasteiger partial charge in [-0.05, 0) is 87.9 Å². The van der Waals surface area contributed by atoms with Crippen LogP contribution in [-0.4, -0.2) is 16.0 Å². The topological polar surface area (TPSA) is 25.8 Å². The van der Waals surface area contributed by atoms with Gasteiger partial charge in [-0.25, -0.2) is 0 Å². The highest BCUT2D eigenvalue weighted by molar-refractivity contribution is 7.28. The van der Waals surface area contributed by atoms with E-state index in [4.69, 9.17) is 8.75 Å². The van der Waals surface area contributed by atoms with Crippen LogP contribution in [0.1, 0.15) is 101 Å². The monoisotopic (exact) mass is 759 g/mol. The van der Waals surface area contributed by atoms with E-state index >= 15 is 0 Å². The lowest BCUT2D eigenvalue weighted by Crippen LogP contribution is -2.28. The maximum atomic E-state index is 4.91. The fraction of sp³-hybridized carbons (Fsp3) is 0.349. The van der Waals surface area contributed by atoms with E-state index in [0.29, 0.717) is 0 Å². The maximum Gasteiger partial charge on any atom is 0.208 e. The number of unbranched alkanes of at least 4 members (excludes halogenated alkanes) is 6. The summed E-state index contributed by atoms with van der Waals surface area (Å²) in [6, 6.07) is 25.2. The van der Waals surface area contributed by atoms with E-state index in [0.717, 1.165) is 17.5 Å². The molecule has 0 spiro atoms. The fourth-order valence-electron chi connectivity index (χ4n) is 7.43. The summed E-state index contributed by atoms with van der Waals surface area (Å²) in [5, 5.41) is 2.39. The summed E-state index contributed by atoms with van der Waals surface area (Å²) in [6.07, 6.45) is 12.7. The smallest absolute Gasteiger partial charge is 0.174 e. The summed E-state index contributed by atoms with van der Waals surface area (Å²) < 4.78 is 11.2. The van der Waals surface area contributed by atoms with Gasteiger partial charge in [0.1, 0.15) is 5.52 Å². The van der Waals surface area contributed by atoms with Crippen LogP contribution in [0.2, 0.25) is 0 Å². The van der Waals surface area contributed by atoms with Gasteiger partial charge in [0.05, 0.1) is 17.2 Å². The molecule has 2 aromatic carbocycles. The summed E-state index contributed by atoms with van der Waals surface area (Å²) >= 11 is 9.06. The van der Waals surface area contributed by atoms with Crippen LogP contribution >= 0.6 is 57.1 Å². The highest BCUT2D eigenvalue weighted by Crippen LogP contribution is 2.58. The van der Waals surface area contributed by atoms with E-state index in [1.165, 1.54) is 142 Å². The minimum absolute atomic E-state index is 0.0289. The van der Waals surface area contributed by atoms with Gasteiger partial charge in [-0.15, -0.1) is 45.3 Å². The summed E-state index contributed by atoms with van der Waals surface area (Å²) in [7, 11) is 2.40. The second kappa shape index (κ2) is 15.2. The van der Waals surface area contributed by atoms with Crippen molar-refractivity contribution in [2.75, 3.05) is 0 Å². The van der Waals surface area contributed by atoms with E-state index in [-0.39, 0.29) is 5.41 Å². The minimum atomic E-state index is -0.0289. The van der Waals surface area contributed by atoms with Crippen molar-refractivity contribution in [3.05, 3.63) is 94.4 Å². The Morgan fingerprint density at radius 3 is 2.12 bits per heavy atom. The van der Waals surface area contributed by atoms with Crippen LogP contribution in [0.15, 0.2) is 72.1 Å². The molecular formula is C43H44BN2S5. The molecule has 0 amide bonds. The number of aromatic nitrogens is 2. The highest BCUT2D eigenvalue weighted by Gasteiger charge is 2.39. The zero-order valence-corrected chi connectivity index (χ0v) is 34.1. The molecule has 1 aliphatic rings. The van der Waals surface area contributed by atoms with Crippen LogP contribution in [0.25, 0.3) is 51.4 Å². The predicted molar refractivity (Wildman–Crippen MR) is 230 cm³/mol. The van der Waals surface area contributed by atoms with Crippen LogP contribution in [-0.2, 0) is 18.3 Å². The molecule has 2 nitrogen and oxygen atoms in total. The molecule has 5 heterocycles. The van der Waals surface area contributed by atoms with Gasteiger partial charge in [0.15, 0.2) is 0 Å². The van der Waals surface area contributed by atoms with Crippen molar-refractivity contribution in [3.63, 3.8) is 0 Å². The summed E-state index contributed by atoms with van der Waals surface area (Å²) in [5.74, 6) is 0. The molecule has 8 rings (SSSR count). The van der Waals surface area contributed by atoms with Crippen molar-refractivity contribution >= 4 is 85.6 Å². The first-order valence-electron chi connectivity index (χ1n) is 18.6. The Morgan fingerprint density at radius 2 is 1.35 bits per heavy atom. The molecule has 0 saturated heterocycles. The van der Waals surface area contributed by atoms with Crippen LogP contribution in [0.3, 0.4) is 0 Å². The number of fused-ring (bicyclic) bond motifs is 4. The third kappa shape index (κ3) is 6.99. The first-order valence-corrected chi connectivity index (χ1v) is 22.7. The van der Waals surface area contributed by atoms with Gasteiger partial charge in [-0.2, -0.15) is 8.75 Å². The number of thiophene rings is 4. The van der Waals surface area contributed by atoms with Gasteiger partial charge in [-0.1, -0.05) is 114 Å². The number of hydrogen-bond acceptors (Lipinski definition) is 7. The first kappa shape index (κ1) is 35.2. The van der Waals surface area contributed by atoms with Gasteiger partial charge >= 0.3 is 0 Å². The van der Waals surface area contributed by atoms with E-state index < -0.39 is 0 Å². The second-order valence-electron chi connectivity index (χ2n) is 14.4. The van der Waals surface area contributed by atoms with Crippen molar-refractivity contribution in [1.29, 1.82) is 0 Å². The van der Waals surface area contributed by atoms with Crippen LogP contribution in [0.5, 0.6) is 0 Å². The lowest BCUT2D eigenvalue weighted by atomic mass is 9.66. The van der Waals surface area contributed by atoms with Crippen molar-refractivity contribution in [2.24, 2.45) is 0 Å². The molecule has 8 heteroatoms. The summed E-state index contributed by atoms with van der Waals surface area (Å²) in [5.41, 5.74) is 11.5. The molecule has 0 saturated carbocycles. The number of hydrogen-bond donors (Lipinski definition) is 0. The summed E-state index contributed by atoms with van der Waals surface area (Å²) in [6.45, 7) is 9.34. The van der Waals surface area contributed by atoms with Gasteiger partial charge in [0.25, 0.3) is 0 Å². The minimum Gasteiger partial charge on any atom is -0.174 e. The molecule has 7 aromatic rings. The number of rotatable bonds is 15. The SMILES string of the molecule is CCCCCCc1csc(-c2cc(CCCCCC)c([B]c3ccc(-c4cc5c(s4)-c4sc(-c6ccccc6)cc4C5(C)C)c4nsnc34)s2)c1. The molecule has 0 aliphatic heterocycles. The van der Waals surface area contributed by atoms with Crippen LogP contribution in [0.4, 0.5) is 0 Å². The Balaban J connectivity index is 1.09. The van der Waals surface area contributed by atoms with Gasteiger partial charge in [0, 0.05) is 40.2 Å². The molecule has 259 valence electrons. The molecule has 51 heavy (non-hydrogen) atoms. The third-order valence-electron chi connectivity index (χ3n) is 10.4. The van der Waals surface area contributed by atoms with Crippen molar-refractivity contribution in [3.8, 4) is 40.4 Å². The van der Waals surface area contributed by atoms with Gasteiger partial charge in [-0.3, -0.25) is 0 Å². The highest BCUT2D eigenvalue weighted by atomic mass is 32.1. The Kier molecular flexibility index (Phi) is 10.5. The van der Waals surface area contributed by atoms with E-state index in [2.05, 4.69) is 107 Å². The average molecular weight is 760 g/mol. The van der Waals surface area contributed by atoms with E-state index in [1.54, 1.807) is 0 Å². The Morgan fingerprint density at radius 1 is 0.647 bits per heavy atom. The zero-order chi connectivity index (χ0) is 35.0. The molecule has 0 unspecified atom stereocenters. The zero-order valence-electron chi connectivity index (χ0n) is 30.0. The van der Waals surface area contributed by atoms with Crippen molar-refractivity contribution in [2.45, 2.75) is 97.3 Å². The molecular weight excluding hydrogens is 716 g/mol. The molecule has 5 aromatic heterocycles. The van der Waals surface area contributed by atoms with Gasteiger partial charge in [0.2, 0.25) is 7.28 Å². The largest absolute Gasteiger partial charge is 0.208 e. The average Bonchev–Trinajstić information content (AvgIpc) is 3.99. The Bertz CT molecular complexity index is 2260. The molecule has 1 aliphatic carbocycles. The number of nitrogens with zero attached hydrogens (tertiary/aromatic N) is 2. The van der Waals surface area contributed by atoms with Gasteiger partial charge < -0.3 is 0 Å². The van der Waals surface area contributed by atoms with Crippen LogP contribution < -0.4 is 10.2 Å². The fourth-order valence-corrected chi connectivity index (χ4v) is 13.0. The van der Waals surface area contributed by atoms with Crippen LogP contribution in [0, 0.1) is 0 Å². The Hall–Kier alpha value is -2.88. The maximum absolute atomic E-state index is 4.91. The second-order valence-corrected chi connectivity index (χ2v) is 19.1. The standard InChI is InChI=1S/C43H44BN2S5/c1-5-7-9-12-16-27-22-36(47-26-27)37-23-29(19-13-10-8-6-2)42(50-37)44-33-21-20-30(38-39(33)46-51-45-38)35-25-32-41(49-35)40-31(43(32,3)4)24-34(48-40)28-17-14-11-15-18-28/h11,14-15,17-18,20-26H,5-10,12-13,16,19H2,1-4H3. The molecule has 1 radical (unpaired) electrons. The van der Waals surface area contributed by atoms with Crippen molar-refractivity contribution < 1.29 is 0 Å². The van der Waals surface area contributed by atoms with E-state index in [1.807, 2.05) is 45.3 Å². The normalized spacial score (nSPS) is 13.3. The van der Waals surface area contributed by atoms with Crippen molar-refractivity contribution in [1.82, 2.24) is 8.75 Å². The quantitative estimate of drug-likeness (QED) is 0.0768. The molecule has 0 N–H and O–H groups in total. The summed E-state index contributed by atoms with van der Waals surface area (Å²) in [4.78, 5) is 8.30. The number of benzene rings is 2. The predicted octanol–water partition coefficient (Wildman–Crippen LogP) is 13.1. The molecule has 0 atom stereocenters. The first-order chi connectivity index (χ1) is 24.9. The van der Waals surface area contributed by atoms with E-state index in [9.17, 15) is 0 Å². The molecule has 0 bridgehead atoms. The Labute approximate surface area is 324 Å². The lowest BCUT2D eigenvalue weighted by molar-refractivity contribution is 0.663. The third-order valence-corrected chi connectivity index (χ3v) is 15.8. The molecule has 0 fully saturated rings. The lowest BCUT2D eigenvalue weighted by Gasteiger charge is -2.19. The number of aryl methyl sites for hydroxylation is 2.